The zero-order chi connectivity index (χ0) is 10.4. The zero-order valence-corrected chi connectivity index (χ0v) is 11.0. The van der Waals surface area contributed by atoms with E-state index < -0.39 is 0 Å². The lowest BCUT2D eigenvalue weighted by molar-refractivity contribution is 0.317. The summed E-state index contributed by atoms with van der Waals surface area (Å²) in [5.74, 6) is 2.10. The molecule has 0 saturated carbocycles. The van der Waals surface area contributed by atoms with Crippen LogP contribution in [-0.4, -0.2) is 18.6 Å². The van der Waals surface area contributed by atoms with Crippen LogP contribution in [0.5, 0.6) is 5.75 Å². The maximum atomic E-state index is 5.63. The quantitative estimate of drug-likeness (QED) is 0.754. The van der Waals surface area contributed by atoms with Gasteiger partial charge in [-0.1, -0.05) is 6.07 Å². The molecule has 3 heteroatoms. The molecule has 1 rings (SSSR count). The lowest BCUT2D eigenvalue weighted by Gasteiger charge is -2.07. The van der Waals surface area contributed by atoms with Crippen LogP contribution in [0.4, 0.5) is 0 Å². The topological polar surface area (TPSA) is 9.23 Å². The van der Waals surface area contributed by atoms with Gasteiger partial charge in [-0.05, 0) is 59.0 Å². The Bertz CT molecular complexity index is 289. The van der Waals surface area contributed by atoms with Gasteiger partial charge in [0, 0.05) is 0 Å². The largest absolute Gasteiger partial charge is 0.492 e. The van der Waals surface area contributed by atoms with Crippen molar-refractivity contribution in [1.82, 2.24) is 0 Å². The van der Waals surface area contributed by atoms with Crippen molar-refractivity contribution in [2.75, 3.05) is 18.6 Å². The molecule has 0 unspecified atom stereocenters. The van der Waals surface area contributed by atoms with Crippen molar-refractivity contribution in [1.29, 1.82) is 0 Å². The number of aryl methyl sites for hydroxylation is 1. The van der Waals surface area contributed by atoms with Crippen LogP contribution in [0.1, 0.15) is 12.0 Å². The van der Waals surface area contributed by atoms with E-state index in [9.17, 15) is 0 Å². The Morgan fingerprint density at radius 3 is 2.86 bits per heavy atom. The highest BCUT2D eigenvalue weighted by molar-refractivity contribution is 9.10. The van der Waals surface area contributed by atoms with Gasteiger partial charge in [-0.15, -0.1) is 0 Å². The van der Waals surface area contributed by atoms with Crippen LogP contribution in [0.15, 0.2) is 22.7 Å². The van der Waals surface area contributed by atoms with Crippen LogP contribution in [0.3, 0.4) is 0 Å². The first-order valence-corrected chi connectivity index (χ1v) is 6.80. The highest BCUT2D eigenvalue weighted by atomic mass is 79.9. The first-order chi connectivity index (χ1) is 6.74. The van der Waals surface area contributed by atoms with E-state index in [4.69, 9.17) is 4.74 Å². The molecule has 0 aliphatic rings. The van der Waals surface area contributed by atoms with Gasteiger partial charge in [0.05, 0.1) is 11.1 Å². The Labute approximate surface area is 98.4 Å². The molecule has 0 saturated heterocycles. The van der Waals surface area contributed by atoms with E-state index in [-0.39, 0.29) is 0 Å². The number of thioether (sulfide) groups is 1. The van der Waals surface area contributed by atoms with Crippen molar-refractivity contribution in [2.24, 2.45) is 0 Å². The van der Waals surface area contributed by atoms with Crippen molar-refractivity contribution < 1.29 is 4.74 Å². The molecular weight excluding hydrogens is 260 g/mol. The molecule has 0 amide bonds. The lowest BCUT2D eigenvalue weighted by Crippen LogP contribution is -1.99. The Kier molecular flexibility index (Phi) is 5.41. The molecule has 0 fully saturated rings. The van der Waals surface area contributed by atoms with Crippen LogP contribution in [0.2, 0.25) is 0 Å². The second kappa shape index (κ2) is 6.36. The van der Waals surface area contributed by atoms with Gasteiger partial charge in [0.2, 0.25) is 0 Å². The van der Waals surface area contributed by atoms with Gasteiger partial charge in [-0.25, -0.2) is 0 Å². The van der Waals surface area contributed by atoms with E-state index in [0.717, 1.165) is 29.0 Å². The second-order valence-electron chi connectivity index (χ2n) is 3.13. The summed E-state index contributed by atoms with van der Waals surface area (Å²) in [5, 5.41) is 0. The van der Waals surface area contributed by atoms with E-state index in [1.165, 1.54) is 5.56 Å². The number of hydrogen-bond acceptors (Lipinski definition) is 2. The minimum absolute atomic E-state index is 0.794. The molecule has 0 bridgehead atoms. The van der Waals surface area contributed by atoms with E-state index in [1.54, 1.807) is 0 Å². The number of benzene rings is 1. The monoisotopic (exact) mass is 274 g/mol. The highest BCUT2D eigenvalue weighted by Crippen LogP contribution is 2.25. The number of halogens is 1. The zero-order valence-electron chi connectivity index (χ0n) is 8.55. The third-order valence-electron chi connectivity index (χ3n) is 1.84. The maximum Gasteiger partial charge on any atom is 0.133 e. The van der Waals surface area contributed by atoms with Crippen LogP contribution >= 0.6 is 27.7 Å². The lowest BCUT2D eigenvalue weighted by atomic mass is 10.2. The van der Waals surface area contributed by atoms with E-state index >= 15 is 0 Å². The van der Waals surface area contributed by atoms with Gasteiger partial charge in [0.1, 0.15) is 5.75 Å². The number of ether oxygens (including phenoxy) is 1. The summed E-state index contributed by atoms with van der Waals surface area (Å²) in [4.78, 5) is 0. The van der Waals surface area contributed by atoms with Gasteiger partial charge >= 0.3 is 0 Å². The Morgan fingerprint density at radius 2 is 2.21 bits per heavy atom. The van der Waals surface area contributed by atoms with Gasteiger partial charge < -0.3 is 4.74 Å². The van der Waals surface area contributed by atoms with Crippen molar-refractivity contribution >= 4 is 27.7 Å². The van der Waals surface area contributed by atoms with E-state index in [2.05, 4.69) is 41.2 Å². The molecule has 0 spiro atoms. The summed E-state index contributed by atoms with van der Waals surface area (Å²) in [6.07, 6.45) is 3.21. The fourth-order valence-electron chi connectivity index (χ4n) is 1.11. The summed E-state index contributed by atoms with van der Waals surface area (Å²) >= 11 is 5.34. The van der Waals surface area contributed by atoms with Gasteiger partial charge in [0.25, 0.3) is 0 Å². The van der Waals surface area contributed by atoms with E-state index in [1.807, 2.05) is 17.8 Å². The van der Waals surface area contributed by atoms with Gasteiger partial charge in [-0.3, -0.25) is 0 Å². The molecule has 0 heterocycles. The minimum Gasteiger partial charge on any atom is -0.492 e. The number of hydrogen-bond donors (Lipinski definition) is 0. The first-order valence-electron chi connectivity index (χ1n) is 4.62. The average Bonchev–Trinajstić information content (AvgIpc) is 2.15. The predicted octanol–water partition coefficient (Wildman–Crippen LogP) is 3.89. The fourth-order valence-corrected chi connectivity index (χ4v) is 2.12. The summed E-state index contributed by atoms with van der Waals surface area (Å²) in [5.41, 5.74) is 1.24. The third-order valence-corrected chi connectivity index (χ3v) is 3.15. The standard InChI is InChI=1S/C11H15BrOS/c1-9-4-5-11(10(12)8-9)13-6-3-7-14-2/h4-5,8H,3,6-7H2,1-2H3. The molecule has 14 heavy (non-hydrogen) atoms. The molecule has 0 aliphatic carbocycles. The summed E-state index contributed by atoms with van der Waals surface area (Å²) in [7, 11) is 0. The number of rotatable bonds is 5. The molecule has 78 valence electrons. The normalized spacial score (nSPS) is 10.2. The molecule has 1 aromatic carbocycles. The molecule has 0 aliphatic heterocycles. The molecule has 0 N–H and O–H groups in total. The van der Waals surface area contributed by atoms with Crippen molar-refractivity contribution in [3.8, 4) is 5.75 Å². The highest BCUT2D eigenvalue weighted by Gasteiger charge is 2.00. The predicted molar refractivity (Wildman–Crippen MR) is 67.4 cm³/mol. The first kappa shape index (κ1) is 11.9. The molecule has 0 radical (unpaired) electrons. The second-order valence-corrected chi connectivity index (χ2v) is 4.97. The molecule has 1 aromatic rings. The Balaban J connectivity index is 2.42. The van der Waals surface area contributed by atoms with Crippen LogP contribution < -0.4 is 4.74 Å². The fraction of sp³-hybridized carbons (Fsp3) is 0.455. The van der Waals surface area contributed by atoms with Crippen molar-refractivity contribution in [3.05, 3.63) is 28.2 Å². The summed E-state index contributed by atoms with van der Waals surface area (Å²) < 4.78 is 6.68. The Hall–Kier alpha value is -0.150. The molecule has 0 atom stereocenters. The maximum absolute atomic E-state index is 5.63. The van der Waals surface area contributed by atoms with Crippen LogP contribution in [0, 0.1) is 6.92 Å². The summed E-state index contributed by atoms with van der Waals surface area (Å²) in [6, 6.07) is 6.15. The SMILES string of the molecule is CSCCCOc1ccc(C)cc1Br. The van der Waals surface area contributed by atoms with E-state index in [0.29, 0.717) is 0 Å². The Morgan fingerprint density at radius 1 is 1.43 bits per heavy atom. The third kappa shape index (κ3) is 3.93. The molecular formula is C11H15BrOS. The van der Waals surface area contributed by atoms with Crippen molar-refractivity contribution in [3.63, 3.8) is 0 Å². The smallest absolute Gasteiger partial charge is 0.133 e. The molecule has 1 nitrogen and oxygen atoms in total. The summed E-state index contributed by atoms with van der Waals surface area (Å²) in [6.45, 7) is 2.87. The van der Waals surface area contributed by atoms with Crippen molar-refractivity contribution in [2.45, 2.75) is 13.3 Å². The van der Waals surface area contributed by atoms with Crippen LogP contribution in [-0.2, 0) is 0 Å². The minimum atomic E-state index is 0.794. The van der Waals surface area contributed by atoms with Crippen LogP contribution in [0.25, 0.3) is 0 Å². The van der Waals surface area contributed by atoms with Gasteiger partial charge in [0.15, 0.2) is 0 Å². The average molecular weight is 275 g/mol. The van der Waals surface area contributed by atoms with Gasteiger partial charge in [-0.2, -0.15) is 11.8 Å². The molecule has 0 aromatic heterocycles.